The number of ketones is 1. The standard InChI is InChI=1S/C16H18O4S/c17-16(11-7-12-2-3-13(8-11)21(12)18)10-1-4-14-15(9-10)20-6-5-19-14/h1,4,9,11-13H,2-3,5-8H2. The van der Waals surface area contributed by atoms with Crippen molar-refractivity contribution in [1.29, 1.82) is 0 Å². The Bertz CT molecular complexity index is 596. The van der Waals surface area contributed by atoms with Crippen LogP contribution in [0.1, 0.15) is 36.0 Å². The molecule has 4 nitrogen and oxygen atoms in total. The molecule has 0 radical (unpaired) electrons. The first kappa shape index (κ1) is 13.3. The first-order valence-electron chi connectivity index (χ1n) is 7.55. The second-order valence-electron chi connectivity index (χ2n) is 6.04. The summed E-state index contributed by atoms with van der Waals surface area (Å²) >= 11 is 0. The Labute approximate surface area is 126 Å². The van der Waals surface area contributed by atoms with Crippen molar-refractivity contribution in [3.8, 4) is 11.5 Å². The average Bonchev–Trinajstić information content (AvgIpc) is 2.75. The highest BCUT2D eigenvalue weighted by Crippen LogP contribution is 2.40. The fourth-order valence-corrected chi connectivity index (χ4v) is 5.80. The molecule has 2 atom stereocenters. The van der Waals surface area contributed by atoms with Crippen LogP contribution in [0.4, 0.5) is 0 Å². The topological polar surface area (TPSA) is 52.6 Å². The molecule has 0 N–H and O–H groups in total. The van der Waals surface area contributed by atoms with Crippen molar-refractivity contribution in [2.45, 2.75) is 36.2 Å². The van der Waals surface area contributed by atoms with Gasteiger partial charge in [-0.05, 0) is 43.9 Å². The third kappa shape index (κ3) is 2.27. The fraction of sp³-hybridized carbons (Fsp3) is 0.562. The molecule has 1 aromatic rings. The van der Waals surface area contributed by atoms with E-state index in [4.69, 9.17) is 9.47 Å². The Balaban J connectivity index is 1.56. The van der Waals surface area contributed by atoms with Crippen LogP contribution in [0.25, 0.3) is 0 Å². The van der Waals surface area contributed by atoms with Crippen molar-refractivity contribution in [2.24, 2.45) is 5.92 Å². The van der Waals surface area contributed by atoms with Gasteiger partial charge < -0.3 is 9.47 Å². The summed E-state index contributed by atoms with van der Waals surface area (Å²) in [5.74, 6) is 1.56. The van der Waals surface area contributed by atoms with E-state index in [2.05, 4.69) is 0 Å². The maximum Gasteiger partial charge on any atom is 0.166 e. The third-order valence-corrected chi connectivity index (χ3v) is 6.93. The van der Waals surface area contributed by atoms with Gasteiger partial charge in [-0.25, -0.2) is 0 Å². The van der Waals surface area contributed by atoms with Gasteiger partial charge in [0.05, 0.1) is 0 Å². The Morgan fingerprint density at radius 3 is 2.43 bits per heavy atom. The van der Waals surface area contributed by atoms with Crippen LogP contribution in [0.3, 0.4) is 0 Å². The summed E-state index contributed by atoms with van der Waals surface area (Å²) in [4.78, 5) is 12.7. The fourth-order valence-electron chi connectivity index (χ4n) is 3.68. The normalized spacial score (nSPS) is 33.7. The number of hydrogen-bond acceptors (Lipinski definition) is 4. The number of benzene rings is 1. The van der Waals surface area contributed by atoms with Crippen molar-refractivity contribution in [1.82, 2.24) is 0 Å². The lowest BCUT2D eigenvalue weighted by Crippen LogP contribution is -2.32. The number of carbonyl (C=O) groups excluding carboxylic acids is 1. The Morgan fingerprint density at radius 1 is 1.05 bits per heavy atom. The summed E-state index contributed by atoms with van der Waals surface area (Å²) in [6.07, 6.45) is 3.58. The van der Waals surface area contributed by atoms with Gasteiger partial charge in [-0.15, -0.1) is 0 Å². The molecule has 5 heteroatoms. The smallest absolute Gasteiger partial charge is 0.166 e. The predicted molar refractivity (Wildman–Crippen MR) is 79.4 cm³/mol. The minimum Gasteiger partial charge on any atom is -0.486 e. The molecule has 3 aliphatic rings. The van der Waals surface area contributed by atoms with E-state index < -0.39 is 10.8 Å². The average molecular weight is 306 g/mol. The molecule has 0 aliphatic carbocycles. The molecule has 0 aromatic heterocycles. The lowest BCUT2D eigenvalue weighted by atomic mass is 9.90. The van der Waals surface area contributed by atoms with Crippen molar-refractivity contribution >= 4 is 16.6 Å². The van der Waals surface area contributed by atoms with Gasteiger partial charge in [0.2, 0.25) is 0 Å². The van der Waals surface area contributed by atoms with Crippen LogP contribution >= 0.6 is 0 Å². The lowest BCUT2D eigenvalue weighted by Gasteiger charge is -2.26. The SMILES string of the molecule is O=C(c1ccc2c(c1)OCCO2)C1CC2CCC(C1)S2=O. The lowest BCUT2D eigenvalue weighted by molar-refractivity contribution is 0.0905. The molecule has 0 spiro atoms. The van der Waals surface area contributed by atoms with E-state index in [0.717, 1.165) is 25.7 Å². The van der Waals surface area contributed by atoms with E-state index in [9.17, 15) is 9.00 Å². The zero-order valence-electron chi connectivity index (χ0n) is 11.7. The van der Waals surface area contributed by atoms with Crippen LogP contribution < -0.4 is 9.47 Å². The summed E-state index contributed by atoms with van der Waals surface area (Å²) in [6.45, 7) is 1.08. The molecular formula is C16H18O4S. The first-order chi connectivity index (χ1) is 10.2. The van der Waals surface area contributed by atoms with E-state index in [-0.39, 0.29) is 22.2 Å². The van der Waals surface area contributed by atoms with Crippen LogP contribution in [-0.4, -0.2) is 33.7 Å². The molecule has 1 aromatic carbocycles. The maximum absolute atomic E-state index is 12.7. The maximum atomic E-state index is 12.7. The number of ether oxygens (including phenoxy) is 2. The van der Waals surface area contributed by atoms with Crippen LogP contribution in [-0.2, 0) is 10.8 Å². The molecule has 3 heterocycles. The van der Waals surface area contributed by atoms with E-state index in [1.165, 1.54) is 0 Å². The third-order valence-electron chi connectivity index (χ3n) is 4.76. The number of hydrogen-bond donors (Lipinski definition) is 0. The van der Waals surface area contributed by atoms with Gasteiger partial charge in [0.1, 0.15) is 13.2 Å². The minimum absolute atomic E-state index is 0.0164. The van der Waals surface area contributed by atoms with Gasteiger partial charge in [-0.3, -0.25) is 9.00 Å². The minimum atomic E-state index is -0.711. The first-order valence-corrected chi connectivity index (χ1v) is 8.83. The van der Waals surface area contributed by atoms with Gasteiger partial charge >= 0.3 is 0 Å². The zero-order valence-corrected chi connectivity index (χ0v) is 12.6. The van der Waals surface area contributed by atoms with Crippen molar-refractivity contribution < 1.29 is 18.5 Å². The number of carbonyl (C=O) groups is 1. The summed E-state index contributed by atoms with van der Waals surface area (Å²) in [5.41, 5.74) is 0.691. The van der Waals surface area contributed by atoms with Gasteiger partial charge in [0.25, 0.3) is 0 Å². The van der Waals surface area contributed by atoms with Gasteiger partial charge in [0, 0.05) is 32.8 Å². The van der Waals surface area contributed by atoms with Gasteiger partial charge in [-0.2, -0.15) is 0 Å². The van der Waals surface area contributed by atoms with Crippen molar-refractivity contribution in [3.05, 3.63) is 23.8 Å². The highest BCUT2D eigenvalue weighted by Gasteiger charge is 2.42. The molecule has 2 saturated heterocycles. The van der Waals surface area contributed by atoms with Crippen molar-refractivity contribution in [3.63, 3.8) is 0 Å². The molecule has 2 unspecified atom stereocenters. The zero-order chi connectivity index (χ0) is 14.4. The molecule has 112 valence electrons. The number of rotatable bonds is 2. The van der Waals surface area contributed by atoms with E-state index >= 15 is 0 Å². The summed E-state index contributed by atoms with van der Waals surface area (Å²) in [6, 6.07) is 5.44. The molecule has 0 saturated carbocycles. The molecular weight excluding hydrogens is 288 g/mol. The Kier molecular flexibility index (Phi) is 3.25. The number of Topliss-reactive ketones (excluding diaryl/α,β-unsaturated/α-hetero) is 1. The predicted octanol–water partition coefficient (Wildman–Crippen LogP) is 2.33. The molecule has 2 fully saturated rings. The molecule has 4 rings (SSSR count). The summed E-state index contributed by atoms with van der Waals surface area (Å²) in [7, 11) is -0.711. The molecule has 21 heavy (non-hydrogen) atoms. The van der Waals surface area contributed by atoms with Crippen LogP contribution in [0.2, 0.25) is 0 Å². The highest BCUT2D eigenvalue weighted by molar-refractivity contribution is 7.86. The van der Waals surface area contributed by atoms with Crippen LogP contribution in [0.5, 0.6) is 11.5 Å². The largest absolute Gasteiger partial charge is 0.486 e. The second kappa shape index (κ2) is 5.13. The van der Waals surface area contributed by atoms with Crippen LogP contribution in [0, 0.1) is 5.92 Å². The van der Waals surface area contributed by atoms with Gasteiger partial charge in [0.15, 0.2) is 17.3 Å². The Hall–Kier alpha value is -1.36. The quantitative estimate of drug-likeness (QED) is 0.787. The number of fused-ring (bicyclic) bond motifs is 3. The molecule has 3 aliphatic heterocycles. The van der Waals surface area contributed by atoms with E-state index in [0.29, 0.717) is 30.3 Å². The summed E-state index contributed by atoms with van der Waals surface area (Å²) < 4.78 is 23.1. The van der Waals surface area contributed by atoms with Crippen molar-refractivity contribution in [2.75, 3.05) is 13.2 Å². The highest BCUT2D eigenvalue weighted by atomic mass is 32.2. The molecule has 2 bridgehead atoms. The van der Waals surface area contributed by atoms with Crippen LogP contribution in [0.15, 0.2) is 18.2 Å². The summed E-state index contributed by atoms with van der Waals surface area (Å²) in [5, 5.41) is 0.463. The monoisotopic (exact) mass is 306 g/mol. The van der Waals surface area contributed by atoms with Gasteiger partial charge in [-0.1, -0.05) is 0 Å². The molecule has 0 amide bonds. The van der Waals surface area contributed by atoms with E-state index in [1.54, 1.807) is 6.07 Å². The second-order valence-corrected chi connectivity index (χ2v) is 8.03. The van der Waals surface area contributed by atoms with E-state index in [1.807, 2.05) is 12.1 Å². The Morgan fingerprint density at radius 2 is 1.71 bits per heavy atom.